The number of nitrogens with zero attached hydrogens (tertiary/aromatic N) is 1. The van der Waals surface area contributed by atoms with Crippen LogP contribution < -0.4 is 10.6 Å². The van der Waals surface area contributed by atoms with Crippen molar-refractivity contribution in [1.29, 1.82) is 0 Å². The lowest BCUT2D eigenvalue weighted by Gasteiger charge is -2.37. The minimum Gasteiger partial charge on any atom is -0.393 e. The molecule has 2 heterocycles. The Morgan fingerprint density at radius 2 is 1.95 bits per heavy atom. The van der Waals surface area contributed by atoms with Crippen LogP contribution in [0.5, 0.6) is 0 Å². The van der Waals surface area contributed by atoms with Gasteiger partial charge in [0.15, 0.2) is 0 Å². The summed E-state index contributed by atoms with van der Waals surface area (Å²) in [6.07, 6.45) is 1.50. The van der Waals surface area contributed by atoms with E-state index in [4.69, 9.17) is 0 Å². The lowest BCUT2D eigenvalue weighted by Crippen LogP contribution is -2.51. The topological polar surface area (TPSA) is 64.6 Å². The molecule has 1 fully saturated rings. The van der Waals surface area contributed by atoms with Crippen LogP contribution in [0.2, 0.25) is 0 Å². The first-order valence-electron chi connectivity index (χ1n) is 7.71. The van der Waals surface area contributed by atoms with Gasteiger partial charge in [0.25, 0.3) is 0 Å². The van der Waals surface area contributed by atoms with Gasteiger partial charge in [-0.25, -0.2) is 0 Å². The van der Waals surface area contributed by atoms with Crippen LogP contribution in [0.4, 0.5) is 11.4 Å². The van der Waals surface area contributed by atoms with Gasteiger partial charge in [0.2, 0.25) is 5.91 Å². The minimum atomic E-state index is -0.274. The van der Waals surface area contributed by atoms with Gasteiger partial charge < -0.3 is 20.6 Å². The van der Waals surface area contributed by atoms with Crippen molar-refractivity contribution in [3.63, 3.8) is 0 Å². The number of hydrogen-bond acceptors (Lipinski definition) is 4. The molecule has 1 amide bonds. The molecule has 0 saturated carbocycles. The van der Waals surface area contributed by atoms with Gasteiger partial charge in [0.05, 0.1) is 17.5 Å². The first kappa shape index (κ1) is 14.2. The average molecular weight is 289 g/mol. The second-order valence-electron chi connectivity index (χ2n) is 6.03. The van der Waals surface area contributed by atoms with Crippen LogP contribution in [0.25, 0.3) is 0 Å². The van der Waals surface area contributed by atoms with Crippen LogP contribution in [0.1, 0.15) is 19.8 Å². The lowest BCUT2D eigenvalue weighted by atomic mass is 9.92. The molecule has 5 nitrogen and oxygen atoms in total. The smallest absolute Gasteiger partial charge is 0.246 e. The van der Waals surface area contributed by atoms with E-state index in [9.17, 15) is 9.90 Å². The molecule has 2 atom stereocenters. The quantitative estimate of drug-likeness (QED) is 0.772. The Bertz CT molecular complexity index is 510. The van der Waals surface area contributed by atoms with Crippen molar-refractivity contribution in [2.24, 2.45) is 5.92 Å². The lowest BCUT2D eigenvalue weighted by molar-refractivity contribution is -0.133. The number of amides is 1. The summed E-state index contributed by atoms with van der Waals surface area (Å²) in [4.78, 5) is 14.5. The molecule has 3 N–H and O–H groups in total. The van der Waals surface area contributed by atoms with Crippen molar-refractivity contribution >= 4 is 17.3 Å². The van der Waals surface area contributed by atoms with E-state index in [1.807, 2.05) is 36.1 Å². The van der Waals surface area contributed by atoms with Crippen molar-refractivity contribution < 1.29 is 9.90 Å². The maximum absolute atomic E-state index is 12.6. The Labute approximate surface area is 125 Å². The summed E-state index contributed by atoms with van der Waals surface area (Å²) in [5, 5.41) is 16.3. The largest absolute Gasteiger partial charge is 0.393 e. The highest BCUT2D eigenvalue weighted by atomic mass is 16.3. The summed E-state index contributed by atoms with van der Waals surface area (Å²) in [5.41, 5.74) is 2.04. The van der Waals surface area contributed by atoms with Gasteiger partial charge in [-0.1, -0.05) is 12.1 Å². The van der Waals surface area contributed by atoms with Gasteiger partial charge >= 0.3 is 0 Å². The maximum atomic E-state index is 12.6. The van der Waals surface area contributed by atoms with E-state index in [0.717, 1.165) is 37.3 Å². The molecular weight excluding hydrogens is 266 g/mol. The number of aliphatic hydroxyl groups is 1. The molecule has 0 spiro atoms. The monoisotopic (exact) mass is 289 g/mol. The van der Waals surface area contributed by atoms with Crippen LogP contribution >= 0.6 is 0 Å². The second-order valence-corrected chi connectivity index (χ2v) is 6.03. The molecule has 0 aliphatic carbocycles. The van der Waals surface area contributed by atoms with Crippen molar-refractivity contribution in [3.05, 3.63) is 24.3 Å². The number of piperidine rings is 1. The number of rotatable bonds is 2. The SMILES string of the molecule is CC(O)C1CCN(C(=O)C2CNc3ccccc3N2)CC1. The van der Waals surface area contributed by atoms with Crippen molar-refractivity contribution in [2.45, 2.75) is 31.9 Å². The summed E-state index contributed by atoms with van der Waals surface area (Å²) in [6, 6.07) is 7.74. The number of likely N-dealkylation sites (tertiary alicyclic amines) is 1. The number of nitrogens with one attached hydrogen (secondary N) is 2. The number of hydrogen-bond donors (Lipinski definition) is 3. The molecule has 0 bridgehead atoms. The molecule has 1 aromatic rings. The van der Waals surface area contributed by atoms with E-state index in [2.05, 4.69) is 10.6 Å². The highest BCUT2D eigenvalue weighted by Gasteiger charge is 2.31. The molecule has 2 aliphatic rings. The molecule has 21 heavy (non-hydrogen) atoms. The summed E-state index contributed by atoms with van der Waals surface area (Å²) in [5.74, 6) is 0.480. The van der Waals surface area contributed by atoms with E-state index in [1.165, 1.54) is 0 Å². The predicted molar refractivity (Wildman–Crippen MR) is 83.3 cm³/mol. The van der Waals surface area contributed by atoms with Gasteiger partial charge in [-0.05, 0) is 37.8 Å². The number of anilines is 2. The number of carbonyl (C=O) groups excluding carboxylic acids is 1. The third kappa shape index (κ3) is 2.97. The third-order valence-corrected chi connectivity index (χ3v) is 4.59. The van der Waals surface area contributed by atoms with Crippen LogP contribution in [0, 0.1) is 5.92 Å². The fourth-order valence-electron chi connectivity index (χ4n) is 3.19. The number of carbonyl (C=O) groups is 1. The van der Waals surface area contributed by atoms with Gasteiger partial charge in [-0.3, -0.25) is 4.79 Å². The maximum Gasteiger partial charge on any atom is 0.246 e. The first-order valence-corrected chi connectivity index (χ1v) is 7.71. The summed E-state index contributed by atoms with van der Waals surface area (Å²) < 4.78 is 0. The number of aliphatic hydroxyl groups excluding tert-OH is 1. The predicted octanol–water partition coefficient (Wildman–Crippen LogP) is 1.51. The molecule has 0 aromatic heterocycles. The molecule has 2 aliphatic heterocycles. The zero-order valence-electron chi connectivity index (χ0n) is 12.4. The summed E-state index contributed by atoms with van der Waals surface area (Å²) in [6.45, 7) is 3.94. The molecule has 2 unspecified atom stereocenters. The van der Waals surface area contributed by atoms with Gasteiger partial charge in [-0.15, -0.1) is 0 Å². The van der Waals surface area contributed by atoms with E-state index >= 15 is 0 Å². The van der Waals surface area contributed by atoms with E-state index in [-0.39, 0.29) is 18.1 Å². The summed E-state index contributed by atoms with van der Waals surface area (Å²) in [7, 11) is 0. The molecule has 1 saturated heterocycles. The van der Waals surface area contributed by atoms with Gasteiger partial charge in [0, 0.05) is 19.6 Å². The van der Waals surface area contributed by atoms with Crippen molar-refractivity contribution in [3.8, 4) is 0 Å². The number of fused-ring (bicyclic) bond motifs is 1. The Balaban J connectivity index is 1.60. The Morgan fingerprint density at radius 3 is 2.62 bits per heavy atom. The fraction of sp³-hybridized carbons (Fsp3) is 0.562. The second kappa shape index (κ2) is 5.93. The third-order valence-electron chi connectivity index (χ3n) is 4.59. The van der Waals surface area contributed by atoms with Gasteiger partial charge in [0.1, 0.15) is 6.04 Å². The number of benzene rings is 1. The molecular formula is C16H23N3O2. The average Bonchev–Trinajstić information content (AvgIpc) is 2.54. The Hall–Kier alpha value is -1.75. The summed E-state index contributed by atoms with van der Waals surface area (Å²) >= 11 is 0. The highest BCUT2D eigenvalue weighted by molar-refractivity contribution is 5.88. The standard InChI is InChI=1S/C16H23N3O2/c1-11(20)12-6-8-19(9-7-12)16(21)15-10-17-13-4-2-3-5-14(13)18-15/h2-5,11-12,15,17-18,20H,6-10H2,1H3. The molecule has 3 rings (SSSR count). The van der Waals surface area contributed by atoms with Crippen LogP contribution in [0.15, 0.2) is 24.3 Å². The molecule has 114 valence electrons. The zero-order chi connectivity index (χ0) is 14.8. The van der Waals surface area contributed by atoms with Crippen molar-refractivity contribution in [2.75, 3.05) is 30.3 Å². The van der Waals surface area contributed by atoms with E-state index < -0.39 is 0 Å². The Morgan fingerprint density at radius 1 is 1.29 bits per heavy atom. The number of para-hydroxylation sites is 2. The minimum absolute atomic E-state index is 0.154. The van der Waals surface area contributed by atoms with Crippen LogP contribution in [-0.4, -0.2) is 47.7 Å². The molecule has 1 aromatic carbocycles. The molecule has 0 radical (unpaired) electrons. The van der Waals surface area contributed by atoms with Crippen molar-refractivity contribution in [1.82, 2.24) is 4.90 Å². The molecule has 5 heteroatoms. The van der Waals surface area contributed by atoms with Gasteiger partial charge in [-0.2, -0.15) is 0 Å². The fourth-order valence-corrected chi connectivity index (χ4v) is 3.19. The van der Waals surface area contributed by atoms with Crippen LogP contribution in [0.3, 0.4) is 0 Å². The highest BCUT2D eigenvalue weighted by Crippen LogP contribution is 2.27. The Kier molecular flexibility index (Phi) is 4.01. The normalized spacial score (nSPS) is 23.7. The van der Waals surface area contributed by atoms with Crippen LogP contribution in [-0.2, 0) is 4.79 Å². The zero-order valence-corrected chi connectivity index (χ0v) is 12.4. The first-order chi connectivity index (χ1) is 10.1. The van der Waals surface area contributed by atoms with E-state index in [1.54, 1.807) is 0 Å². The van der Waals surface area contributed by atoms with E-state index in [0.29, 0.717) is 12.5 Å².